The average Bonchev–Trinajstić information content (AvgIpc) is 2.57. The van der Waals surface area contributed by atoms with Crippen LogP contribution in [0.4, 0.5) is 0 Å². The average molecular weight is 272 g/mol. The van der Waals surface area contributed by atoms with Gasteiger partial charge in [-0.2, -0.15) is 0 Å². The molecule has 0 spiro atoms. The number of fused-ring (bicyclic) bond motifs is 1. The molecular formula is C20H32. The van der Waals surface area contributed by atoms with Crippen LogP contribution in [-0.2, 0) is 6.42 Å². The topological polar surface area (TPSA) is 0 Å². The lowest BCUT2D eigenvalue weighted by molar-refractivity contribution is 0.106. The minimum atomic E-state index is 0.373. The zero-order valence-corrected chi connectivity index (χ0v) is 14.3. The molecule has 2 rings (SSSR count). The van der Waals surface area contributed by atoms with E-state index in [-0.39, 0.29) is 0 Å². The van der Waals surface area contributed by atoms with Crippen LogP contribution in [0.2, 0.25) is 0 Å². The van der Waals surface area contributed by atoms with Gasteiger partial charge in [-0.05, 0) is 53.1 Å². The SMILES string of the molecule is CCC(C)(C)C1c2ccccc2CCCC1C(C)(C)C. The first-order valence-electron chi connectivity index (χ1n) is 8.35. The number of benzene rings is 1. The van der Waals surface area contributed by atoms with Gasteiger partial charge in [-0.15, -0.1) is 0 Å². The van der Waals surface area contributed by atoms with Gasteiger partial charge in [0.1, 0.15) is 0 Å². The summed E-state index contributed by atoms with van der Waals surface area (Å²) in [7, 11) is 0. The molecule has 112 valence electrons. The Morgan fingerprint density at radius 1 is 1.05 bits per heavy atom. The van der Waals surface area contributed by atoms with Crippen LogP contribution in [0.1, 0.15) is 77.8 Å². The van der Waals surface area contributed by atoms with Crippen LogP contribution in [0.25, 0.3) is 0 Å². The Hall–Kier alpha value is -0.780. The summed E-state index contributed by atoms with van der Waals surface area (Å²) < 4.78 is 0. The molecule has 1 aliphatic carbocycles. The summed E-state index contributed by atoms with van der Waals surface area (Å²) in [5.74, 6) is 1.47. The molecule has 1 aromatic carbocycles. The van der Waals surface area contributed by atoms with E-state index < -0.39 is 0 Å². The van der Waals surface area contributed by atoms with Gasteiger partial charge in [0.15, 0.2) is 0 Å². The Bertz CT molecular complexity index is 447. The Morgan fingerprint density at radius 3 is 2.30 bits per heavy atom. The second-order valence-corrected chi connectivity index (χ2v) is 8.38. The maximum Gasteiger partial charge on any atom is -0.00747 e. The van der Waals surface area contributed by atoms with Gasteiger partial charge in [0.2, 0.25) is 0 Å². The van der Waals surface area contributed by atoms with Crippen LogP contribution in [0.5, 0.6) is 0 Å². The van der Waals surface area contributed by atoms with Gasteiger partial charge < -0.3 is 0 Å². The molecule has 0 nitrogen and oxygen atoms in total. The zero-order chi connectivity index (χ0) is 15.0. The number of hydrogen-bond acceptors (Lipinski definition) is 0. The summed E-state index contributed by atoms with van der Waals surface area (Å²) in [4.78, 5) is 0. The van der Waals surface area contributed by atoms with E-state index in [1.807, 2.05) is 0 Å². The lowest BCUT2D eigenvalue weighted by Gasteiger charge is -2.45. The number of aryl methyl sites for hydroxylation is 1. The predicted molar refractivity (Wildman–Crippen MR) is 89.1 cm³/mol. The summed E-state index contributed by atoms with van der Waals surface area (Å²) >= 11 is 0. The van der Waals surface area contributed by atoms with E-state index in [1.54, 1.807) is 11.1 Å². The Morgan fingerprint density at radius 2 is 1.70 bits per heavy atom. The van der Waals surface area contributed by atoms with E-state index >= 15 is 0 Å². The van der Waals surface area contributed by atoms with E-state index in [1.165, 1.54) is 25.7 Å². The van der Waals surface area contributed by atoms with Crippen LogP contribution in [0.15, 0.2) is 24.3 Å². The molecule has 1 aliphatic rings. The van der Waals surface area contributed by atoms with Gasteiger partial charge in [-0.3, -0.25) is 0 Å². The molecule has 0 saturated carbocycles. The fraction of sp³-hybridized carbons (Fsp3) is 0.700. The summed E-state index contributed by atoms with van der Waals surface area (Å²) in [6.45, 7) is 14.6. The third-order valence-electron chi connectivity index (χ3n) is 5.62. The molecule has 2 atom stereocenters. The first-order valence-corrected chi connectivity index (χ1v) is 8.35. The highest BCUT2D eigenvalue weighted by molar-refractivity contribution is 5.34. The summed E-state index contributed by atoms with van der Waals surface area (Å²) in [6, 6.07) is 9.22. The van der Waals surface area contributed by atoms with E-state index in [4.69, 9.17) is 0 Å². The Balaban J connectivity index is 2.56. The molecule has 0 heterocycles. The van der Waals surface area contributed by atoms with Crippen LogP contribution >= 0.6 is 0 Å². The van der Waals surface area contributed by atoms with Crippen molar-refractivity contribution in [3.05, 3.63) is 35.4 Å². The van der Waals surface area contributed by atoms with Gasteiger partial charge in [0.05, 0.1) is 0 Å². The van der Waals surface area contributed by atoms with Gasteiger partial charge in [0.25, 0.3) is 0 Å². The monoisotopic (exact) mass is 272 g/mol. The zero-order valence-electron chi connectivity index (χ0n) is 14.3. The highest BCUT2D eigenvalue weighted by Crippen LogP contribution is 2.53. The van der Waals surface area contributed by atoms with Gasteiger partial charge in [-0.1, -0.05) is 72.2 Å². The van der Waals surface area contributed by atoms with Gasteiger partial charge >= 0.3 is 0 Å². The van der Waals surface area contributed by atoms with Gasteiger partial charge in [0, 0.05) is 0 Å². The summed E-state index contributed by atoms with van der Waals surface area (Å²) in [6.07, 6.45) is 5.22. The molecule has 0 heteroatoms. The molecule has 0 fully saturated rings. The molecule has 0 bridgehead atoms. The largest absolute Gasteiger partial charge is 0.0649 e. The van der Waals surface area contributed by atoms with E-state index in [0.717, 1.165) is 5.92 Å². The van der Waals surface area contributed by atoms with Crippen LogP contribution in [0.3, 0.4) is 0 Å². The van der Waals surface area contributed by atoms with E-state index in [9.17, 15) is 0 Å². The maximum atomic E-state index is 2.47. The highest BCUT2D eigenvalue weighted by Gasteiger charge is 2.42. The van der Waals surface area contributed by atoms with E-state index in [2.05, 4.69) is 65.8 Å². The van der Waals surface area contributed by atoms with Crippen LogP contribution in [0, 0.1) is 16.7 Å². The standard InChI is InChI=1S/C20H32/c1-7-20(5,6)18-16-13-9-8-11-15(16)12-10-14-17(18)19(2,3)4/h8-9,11,13,17-18H,7,10,12,14H2,1-6H3. The minimum Gasteiger partial charge on any atom is -0.0649 e. The quantitative estimate of drug-likeness (QED) is 0.562. The molecular weight excluding hydrogens is 240 g/mol. The predicted octanol–water partition coefficient (Wildman–Crippen LogP) is 6.21. The van der Waals surface area contributed by atoms with Gasteiger partial charge in [-0.25, -0.2) is 0 Å². The number of hydrogen-bond donors (Lipinski definition) is 0. The van der Waals surface area contributed by atoms with Crippen molar-refractivity contribution < 1.29 is 0 Å². The van der Waals surface area contributed by atoms with Crippen LogP contribution < -0.4 is 0 Å². The highest BCUT2D eigenvalue weighted by atomic mass is 14.5. The minimum absolute atomic E-state index is 0.373. The second kappa shape index (κ2) is 5.54. The third kappa shape index (κ3) is 2.95. The Labute approximate surface area is 126 Å². The Kier molecular flexibility index (Phi) is 4.33. The summed E-state index contributed by atoms with van der Waals surface area (Å²) in [5.41, 5.74) is 4.00. The van der Waals surface area contributed by atoms with E-state index in [0.29, 0.717) is 16.7 Å². The fourth-order valence-electron chi connectivity index (χ4n) is 4.08. The smallest absolute Gasteiger partial charge is 0.00747 e. The molecule has 2 unspecified atom stereocenters. The van der Waals surface area contributed by atoms with Crippen molar-refractivity contribution in [2.24, 2.45) is 16.7 Å². The molecule has 1 aromatic rings. The maximum absolute atomic E-state index is 2.47. The van der Waals surface area contributed by atoms with Crippen molar-refractivity contribution in [1.82, 2.24) is 0 Å². The molecule has 0 amide bonds. The first kappa shape index (κ1) is 15.6. The molecule has 0 aromatic heterocycles. The molecule has 0 radical (unpaired) electrons. The van der Waals surface area contributed by atoms with Crippen molar-refractivity contribution >= 4 is 0 Å². The van der Waals surface area contributed by atoms with Crippen molar-refractivity contribution in [3.63, 3.8) is 0 Å². The first-order chi connectivity index (χ1) is 9.27. The van der Waals surface area contributed by atoms with Crippen molar-refractivity contribution in [3.8, 4) is 0 Å². The normalized spacial score (nSPS) is 24.1. The molecule has 0 aliphatic heterocycles. The molecule has 0 saturated heterocycles. The summed E-state index contributed by atoms with van der Waals surface area (Å²) in [5, 5.41) is 0. The lowest BCUT2D eigenvalue weighted by atomic mass is 9.59. The van der Waals surface area contributed by atoms with Crippen molar-refractivity contribution in [2.75, 3.05) is 0 Å². The third-order valence-corrected chi connectivity index (χ3v) is 5.62. The lowest BCUT2D eigenvalue weighted by Crippen LogP contribution is -2.35. The van der Waals surface area contributed by atoms with Crippen molar-refractivity contribution in [1.29, 1.82) is 0 Å². The second-order valence-electron chi connectivity index (χ2n) is 8.38. The van der Waals surface area contributed by atoms with Crippen LogP contribution in [-0.4, -0.2) is 0 Å². The number of rotatable bonds is 2. The molecule has 20 heavy (non-hydrogen) atoms. The molecule has 0 N–H and O–H groups in total. The van der Waals surface area contributed by atoms with Crippen molar-refractivity contribution in [2.45, 2.75) is 73.1 Å². The fourth-order valence-corrected chi connectivity index (χ4v) is 4.08.